The first-order valence-electron chi connectivity index (χ1n) is 8.43. The number of nitrogens with zero attached hydrogens (tertiary/aromatic N) is 3. The number of rotatable bonds is 5. The van der Waals surface area contributed by atoms with Crippen LogP contribution in [-0.2, 0) is 4.79 Å². The van der Waals surface area contributed by atoms with Crippen molar-refractivity contribution in [2.45, 2.75) is 6.92 Å². The van der Waals surface area contributed by atoms with Crippen LogP contribution in [0.5, 0.6) is 0 Å². The maximum atomic E-state index is 12.1. The summed E-state index contributed by atoms with van der Waals surface area (Å²) in [6, 6.07) is 18.9. The van der Waals surface area contributed by atoms with Crippen LogP contribution in [-0.4, -0.2) is 22.2 Å². The standard InChI is InChI=1S/C21H17ClN4O/c1-2-24-21(27)16(13-23)12-17-14-26(19-6-4-3-5-7-19)25-20(17)15-8-10-18(22)11-9-15/h3-12,14H,2H2,1H3,(H,24,27). The average Bonchev–Trinajstić information content (AvgIpc) is 3.11. The van der Waals surface area contributed by atoms with Gasteiger partial charge in [-0.05, 0) is 37.3 Å². The van der Waals surface area contributed by atoms with Gasteiger partial charge in [0, 0.05) is 28.9 Å². The third-order valence-corrected chi connectivity index (χ3v) is 4.14. The molecular weight excluding hydrogens is 360 g/mol. The maximum absolute atomic E-state index is 12.1. The van der Waals surface area contributed by atoms with Gasteiger partial charge in [0.25, 0.3) is 5.91 Å². The minimum Gasteiger partial charge on any atom is -0.352 e. The lowest BCUT2D eigenvalue weighted by molar-refractivity contribution is -0.116. The topological polar surface area (TPSA) is 70.7 Å². The number of likely N-dealkylation sites (N-methyl/N-ethyl adjacent to an activating group) is 1. The van der Waals surface area contributed by atoms with Crippen molar-refractivity contribution in [3.8, 4) is 23.0 Å². The molecule has 0 aliphatic heterocycles. The second-order valence-electron chi connectivity index (χ2n) is 5.75. The van der Waals surface area contributed by atoms with Crippen molar-refractivity contribution in [1.29, 1.82) is 5.26 Å². The van der Waals surface area contributed by atoms with Crippen LogP contribution < -0.4 is 5.32 Å². The number of halogens is 1. The van der Waals surface area contributed by atoms with Gasteiger partial charge >= 0.3 is 0 Å². The van der Waals surface area contributed by atoms with E-state index < -0.39 is 5.91 Å². The van der Waals surface area contributed by atoms with E-state index in [4.69, 9.17) is 11.6 Å². The van der Waals surface area contributed by atoms with E-state index in [0.29, 0.717) is 22.8 Å². The van der Waals surface area contributed by atoms with Crippen molar-refractivity contribution in [1.82, 2.24) is 15.1 Å². The number of para-hydroxylation sites is 1. The van der Waals surface area contributed by atoms with Crippen molar-refractivity contribution in [2.75, 3.05) is 6.54 Å². The average molecular weight is 377 g/mol. The first-order valence-corrected chi connectivity index (χ1v) is 8.81. The zero-order valence-electron chi connectivity index (χ0n) is 14.7. The fourth-order valence-electron chi connectivity index (χ4n) is 2.60. The third-order valence-electron chi connectivity index (χ3n) is 3.88. The van der Waals surface area contributed by atoms with Gasteiger partial charge in [0.1, 0.15) is 11.6 Å². The molecule has 3 aromatic rings. The molecule has 1 N–H and O–H groups in total. The molecule has 0 spiro atoms. The molecule has 3 rings (SSSR count). The molecule has 0 fully saturated rings. The Bertz CT molecular complexity index is 1010. The number of hydrogen-bond donors (Lipinski definition) is 1. The Morgan fingerprint density at radius 2 is 1.93 bits per heavy atom. The molecule has 0 bridgehead atoms. The third kappa shape index (κ3) is 4.25. The Morgan fingerprint density at radius 1 is 1.22 bits per heavy atom. The molecule has 2 aromatic carbocycles. The molecule has 0 atom stereocenters. The largest absolute Gasteiger partial charge is 0.352 e. The maximum Gasteiger partial charge on any atom is 0.261 e. The monoisotopic (exact) mass is 376 g/mol. The molecule has 1 heterocycles. The number of nitriles is 1. The fraction of sp³-hybridized carbons (Fsp3) is 0.0952. The number of nitrogens with one attached hydrogen (secondary N) is 1. The number of benzene rings is 2. The molecule has 0 unspecified atom stereocenters. The predicted molar refractivity (Wildman–Crippen MR) is 106 cm³/mol. The quantitative estimate of drug-likeness (QED) is 0.535. The van der Waals surface area contributed by atoms with Crippen LogP contribution in [0.25, 0.3) is 23.0 Å². The molecular formula is C21H17ClN4O. The molecule has 5 nitrogen and oxygen atoms in total. The van der Waals surface area contributed by atoms with Gasteiger partial charge in [0.2, 0.25) is 0 Å². The van der Waals surface area contributed by atoms with Crippen LogP contribution in [0.3, 0.4) is 0 Å². The minimum atomic E-state index is -0.408. The molecule has 6 heteroatoms. The van der Waals surface area contributed by atoms with Crippen LogP contribution in [0.1, 0.15) is 12.5 Å². The van der Waals surface area contributed by atoms with E-state index in [1.165, 1.54) is 0 Å². The molecule has 1 amide bonds. The molecule has 0 aliphatic carbocycles. The lowest BCUT2D eigenvalue weighted by Crippen LogP contribution is -2.23. The van der Waals surface area contributed by atoms with Crippen molar-refractivity contribution in [3.05, 3.63) is 77.0 Å². The highest BCUT2D eigenvalue weighted by Gasteiger charge is 2.14. The van der Waals surface area contributed by atoms with Crippen LogP contribution in [0.15, 0.2) is 66.4 Å². The smallest absolute Gasteiger partial charge is 0.261 e. The summed E-state index contributed by atoms with van der Waals surface area (Å²) in [5.74, 6) is -0.408. The fourth-order valence-corrected chi connectivity index (χ4v) is 2.72. The summed E-state index contributed by atoms with van der Waals surface area (Å²) in [7, 11) is 0. The Kier molecular flexibility index (Phi) is 5.70. The Labute approximate surface area is 162 Å². The van der Waals surface area contributed by atoms with Gasteiger partial charge in [-0.25, -0.2) is 4.68 Å². The van der Waals surface area contributed by atoms with Crippen LogP contribution in [0.4, 0.5) is 0 Å². The van der Waals surface area contributed by atoms with E-state index >= 15 is 0 Å². The van der Waals surface area contributed by atoms with Crippen LogP contribution in [0, 0.1) is 11.3 Å². The van der Waals surface area contributed by atoms with Gasteiger partial charge in [-0.1, -0.05) is 41.9 Å². The van der Waals surface area contributed by atoms with E-state index in [0.717, 1.165) is 11.3 Å². The van der Waals surface area contributed by atoms with Gasteiger partial charge in [0.05, 0.1) is 11.4 Å². The molecule has 0 radical (unpaired) electrons. The van der Waals surface area contributed by atoms with E-state index in [1.807, 2.05) is 48.5 Å². The highest BCUT2D eigenvalue weighted by atomic mass is 35.5. The minimum absolute atomic E-state index is 0.0275. The van der Waals surface area contributed by atoms with Crippen LogP contribution in [0.2, 0.25) is 5.02 Å². The van der Waals surface area contributed by atoms with Gasteiger partial charge in [-0.15, -0.1) is 0 Å². The summed E-state index contributed by atoms with van der Waals surface area (Å²) < 4.78 is 1.72. The number of carbonyl (C=O) groups is 1. The summed E-state index contributed by atoms with van der Waals surface area (Å²) in [6.07, 6.45) is 3.36. The number of aromatic nitrogens is 2. The van der Waals surface area contributed by atoms with Crippen molar-refractivity contribution in [3.63, 3.8) is 0 Å². The van der Waals surface area contributed by atoms with Gasteiger partial charge < -0.3 is 5.32 Å². The normalized spacial score (nSPS) is 11.1. The number of amides is 1. The number of carbonyl (C=O) groups excluding carboxylic acids is 1. The van der Waals surface area contributed by atoms with Crippen LogP contribution >= 0.6 is 11.6 Å². The Hall–Kier alpha value is -3.36. The highest BCUT2D eigenvalue weighted by Crippen LogP contribution is 2.27. The summed E-state index contributed by atoms with van der Waals surface area (Å²) in [5, 5.41) is 17.3. The van der Waals surface area contributed by atoms with Crippen molar-refractivity contribution < 1.29 is 4.79 Å². The van der Waals surface area contributed by atoms with E-state index in [1.54, 1.807) is 36.0 Å². The zero-order valence-corrected chi connectivity index (χ0v) is 15.4. The summed E-state index contributed by atoms with van der Waals surface area (Å²) >= 11 is 5.99. The predicted octanol–water partition coefficient (Wildman–Crippen LogP) is 4.24. The molecule has 0 aliphatic rings. The summed E-state index contributed by atoms with van der Waals surface area (Å²) in [6.45, 7) is 2.25. The lowest BCUT2D eigenvalue weighted by Gasteiger charge is -2.02. The second-order valence-corrected chi connectivity index (χ2v) is 6.19. The summed E-state index contributed by atoms with van der Waals surface area (Å²) in [4.78, 5) is 12.1. The molecule has 27 heavy (non-hydrogen) atoms. The Morgan fingerprint density at radius 3 is 2.56 bits per heavy atom. The SMILES string of the molecule is CCNC(=O)C(C#N)=Cc1cn(-c2ccccc2)nc1-c1ccc(Cl)cc1. The van der Waals surface area contributed by atoms with Crippen molar-refractivity contribution >= 4 is 23.6 Å². The van der Waals surface area contributed by atoms with E-state index in [-0.39, 0.29) is 5.57 Å². The van der Waals surface area contributed by atoms with E-state index in [9.17, 15) is 10.1 Å². The first-order chi connectivity index (χ1) is 13.1. The van der Waals surface area contributed by atoms with Gasteiger partial charge in [-0.2, -0.15) is 10.4 Å². The number of hydrogen-bond acceptors (Lipinski definition) is 3. The van der Waals surface area contributed by atoms with Gasteiger partial charge in [-0.3, -0.25) is 4.79 Å². The van der Waals surface area contributed by atoms with Gasteiger partial charge in [0.15, 0.2) is 0 Å². The lowest BCUT2D eigenvalue weighted by atomic mass is 10.1. The molecule has 0 saturated carbocycles. The van der Waals surface area contributed by atoms with Crippen molar-refractivity contribution in [2.24, 2.45) is 0 Å². The summed E-state index contributed by atoms with van der Waals surface area (Å²) in [5.41, 5.74) is 3.08. The zero-order chi connectivity index (χ0) is 19.2. The first kappa shape index (κ1) is 18.4. The second kappa shape index (κ2) is 8.35. The molecule has 134 valence electrons. The molecule has 0 saturated heterocycles. The van der Waals surface area contributed by atoms with E-state index in [2.05, 4.69) is 10.4 Å². The highest BCUT2D eigenvalue weighted by molar-refractivity contribution is 6.30. The Balaban J connectivity index is 2.13. The molecule has 1 aromatic heterocycles.